The zero-order chi connectivity index (χ0) is 15.5. The van der Waals surface area contributed by atoms with Gasteiger partial charge in [-0.3, -0.25) is 0 Å². The Morgan fingerprint density at radius 3 is 2.95 bits per heavy atom. The third-order valence-corrected chi connectivity index (χ3v) is 5.80. The molecule has 1 aromatic carbocycles. The fraction of sp³-hybridized carbons (Fsp3) is 0.500. The van der Waals surface area contributed by atoms with Gasteiger partial charge in [-0.15, -0.1) is 0 Å². The van der Waals surface area contributed by atoms with Crippen molar-refractivity contribution in [2.24, 2.45) is 0 Å². The van der Waals surface area contributed by atoms with Crippen LogP contribution in [-0.4, -0.2) is 23.3 Å². The lowest BCUT2D eigenvalue weighted by Crippen LogP contribution is -2.10. The van der Waals surface area contributed by atoms with E-state index in [1.165, 1.54) is 36.1 Å². The Bertz CT molecular complexity index is 651. The molecule has 1 aliphatic carbocycles. The number of ether oxygens (including phenoxy) is 1. The van der Waals surface area contributed by atoms with Crippen LogP contribution in [0.15, 0.2) is 29.4 Å². The summed E-state index contributed by atoms with van der Waals surface area (Å²) in [5.41, 5.74) is 5.39. The Labute approximate surface area is 137 Å². The molecule has 3 nitrogen and oxygen atoms in total. The number of fused-ring (bicyclic) bond motifs is 1. The Kier molecular flexibility index (Phi) is 4.89. The van der Waals surface area contributed by atoms with Gasteiger partial charge in [-0.1, -0.05) is 36.0 Å². The summed E-state index contributed by atoms with van der Waals surface area (Å²) in [4.78, 5) is 4.80. The number of hydrogen-bond donors (Lipinski definition) is 0. The van der Waals surface area contributed by atoms with Crippen LogP contribution in [0.25, 0.3) is 0 Å². The fourth-order valence-corrected chi connectivity index (χ4v) is 4.56. The third-order valence-electron chi connectivity index (χ3n) is 4.50. The summed E-state index contributed by atoms with van der Waals surface area (Å²) in [5.74, 6) is 0. The highest BCUT2D eigenvalue weighted by Crippen LogP contribution is 2.43. The van der Waals surface area contributed by atoms with E-state index in [0.29, 0.717) is 5.25 Å². The average molecular weight is 316 g/mol. The van der Waals surface area contributed by atoms with Gasteiger partial charge in [-0.2, -0.15) is 0 Å². The van der Waals surface area contributed by atoms with Gasteiger partial charge >= 0.3 is 0 Å². The molecule has 0 aliphatic heterocycles. The van der Waals surface area contributed by atoms with E-state index in [-0.39, 0.29) is 0 Å². The molecule has 2 aromatic rings. The van der Waals surface area contributed by atoms with Crippen LogP contribution in [0.3, 0.4) is 0 Å². The van der Waals surface area contributed by atoms with Crippen LogP contribution in [0.1, 0.15) is 40.6 Å². The first-order chi connectivity index (χ1) is 10.7. The van der Waals surface area contributed by atoms with Gasteiger partial charge in [-0.25, -0.2) is 4.98 Å². The van der Waals surface area contributed by atoms with Gasteiger partial charge in [0.25, 0.3) is 0 Å². The molecule has 0 unspecified atom stereocenters. The summed E-state index contributed by atoms with van der Waals surface area (Å²) in [6.45, 7) is 5.85. The molecule has 3 rings (SSSR count). The Hall–Kier alpha value is -1.26. The summed E-state index contributed by atoms with van der Waals surface area (Å²) in [7, 11) is 1.75. The molecule has 0 bridgehead atoms. The third kappa shape index (κ3) is 3.08. The maximum absolute atomic E-state index is 5.25. The van der Waals surface area contributed by atoms with Crippen molar-refractivity contribution < 1.29 is 4.74 Å². The number of methoxy groups -OCH3 is 1. The van der Waals surface area contributed by atoms with Crippen LogP contribution in [-0.2, 0) is 17.7 Å². The van der Waals surface area contributed by atoms with E-state index in [0.717, 1.165) is 24.0 Å². The molecule has 0 saturated heterocycles. The van der Waals surface area contributed by atoms with E-state index in [4.69, 9.17) is 9.72 Å². The van der Waals surface area contributed by atoms with Crippen molar-refractivity contribution in [1.29, 1.82) is 0 Å². The average Bonchev–Trinajstić information content (AvgIpc) is 2.80. The second kappa shape index (κ2) is 6.88. The number of hydrogen-bond acceptors (Lipinski definition) is 3. The Morgan fingerprint density at radius 2 is 2.14 bits per heavy atom. The van der Waals surface area contributed by atoms with Gasteiger partial charge in [0.2, 0.25) is 0 Å². The summed E-state index contributed by atoms with van der Waals surface area (Å²) < 4.78 is 7.56. The Morgan fingerprint density at radius 1 is 1.32 bits per heavy atom. The molecule has 4 heteroatoms. The predicted octanol–water partition coefficient (Wildman–Crippen LogP) is 4.32. The Balaban J connectivity index is 1.86. The van der Waals surface area contributed by atoms with Gasteiger partial charge in [0.15, 0.2) is 5.16 Å². The molecule has 0 fully saturated rings. The summed E-state index contributed by atoms with van der Waals surface area (Å²) in [6, 6.07) is 8.87. The highest BCUT2D eigenvalue weighted by molar-refractivity contribution is 7.99. The first kappa shape index (κ1) is 15.6. The molecule has 1 aliphatic rings. The summed E-state index contributed by atoms with van der Waals surface area (Å²) in [5, 5.41) is 1.65. The molecular weight excluding hydrogens is 292 g/mol. The highest BCUT2D eigenvalue weighted by Gasteiger charge is 2.23. The lowest BCUT2D eigenvalue weighted by Gasteiger charge is -2.25. The maximum Gasteiger partial charge on any atom is 0.169 e. The summed E-state index contributed by atoms with van der Waals surface area (Å²) >= 11 is 1.92. The normalized spacial score (nSPS) is 17.5. The quantitative estimate of drug-likeness (QED) is 0.822. The second-order valence-corrected chi connectivity index (χ2v) is 7.08. The van der Waals surface area contributed by atoms with Crippen LogP contribution < -0.4 is 0 Å². The first-order valence-corrected chi connectivity index (χ1v) is 8.85. The molecule has 0 N–H and O–H groups in total. The van der Waals surface area contributed by atoms with Crippen molar-refractivity contribution in [1.82, 2.24) is 9.55 Å². The minimum absolute atomic E-state index is 0.521. The van der Waals surface area contributed by atoms with E-state index < -0.39 is 0 Å². The number of aryl methyl sites for hydroxylation is 2. The number of benzene rings is 1. The maximum atomic E-state index is 5.25. The summed E-state index contributed by atoms with van der Waals surface area (Å²) in [6.07, 6.45) is 3.71. The number of aromatic nitrogens is 2. The molecule has 1 aromatic heterocycles. The van der Waals surface area contributed by atoms with Gasteiger partial charge in [0, 0.05) is 24.6 Å². The number of nitrogens with zero attached hydrogens (tertiary/aromatic N) is 2. The topological polar surface area (TPSA) is 27.1 Å². The van der Waals surface area contributed by atoms with Crippen molar-refractivity contribution in [2.45, 2.75) is 50.1 Å². The highest BCUT2D eigenvalue weighted by atomic mass is 32.2. The van der Waals surface area contributed by atoms with Gasteiger partial charge in [0.05, 0.1) is 12.3 Å². The fourth-order valence-electron chi connectivity index (χ4n) is 3.12. The van der Waals surface area contributed by atoms with E-state index in [1.807, 2.05) is 11.8 Å². The SMILES string of the molecule is COCCn1c(S[C@H]2CCCc3ccccc32)nc(C)c1C. The molecule has 1 atom stereocenters. The minimum Gasteiger partial charge on any atom is -0.383 e. The van der Waals surface area contributed by atoms with Crippen molar-refractivity contribution in [2.75, 3.05) is 13.7 Å². The van der Waals surface area contributed by atoms with E-state index >= 15 is 0 Å². The lowest BCUT2D eigenvalue weighted by atomic mass is 9.91. The number of thioether (sulfide) groups is 1. The largest absolute Gasteiger partial charge is 0.383 e. The van der Waals surface area contributed by atoms with E-state index in [2.05, 4.69) is 42.7 Å². The van der Waals surface area contributed by atoms with Crippen LogP contribution in [0, 0.1) is 13.8 Å². The number of rotatable bonds is 5. The van der Waals surface area contributed by atoms with Crippen LogP contribution in [0.2, 0.25) is 0 Å². The van der Waals surface area contributed by atoms with Crippen LogP contribution >= 0.6 is 11.8 Å². The van der Waals surface area contributed by atoms with Crippen molar-refractivity contribution >= 4 is 11.8 Å². The molecular formula is C18H24N2OS. The first-order valence-electron chi connectivity index (χ1n) is 7.98. The van der Waals surface area contributed by atoms with E-state index in [1.54, 1.807) is 7.11 Å². The van der Waals surface area contributed by atoms with Gasteiger partial charge < -0.3 is 9.30 Å². The monoisotopic (exact) mass is 316 g/mol. The predicted molar refractivity (Wildman–Crippen MR) is 91.6 cm³/mol. The smallest absolute Gasteiger partial charge is 0.169 e. The number of imidazole rings is 1. The van der Waals surface area contributed by atoms with Crippen molar-refractivity contribution in [3.05, 3.63) is 46.8 Å². The van der Waals surface area contributed by atoms with E-state index in [9.17, 15) is 0 Å². The molecule has 0 saturated carbocycles. The standard InChI is InChI=1S/C18H24N2OS/c1-13-14(2)20(11-12-21-3)18(19-13)22-17-10-6-8-15-7-4-5-9-16(15)17/h4-5,7,9,17H,6,8,10-12H2,1-3H3/t17-/m0/s1. The molecule has 0 amide bonds. The van der Waals surface area contributed by atoms with Gasteiger partial charge in [0.1, 0.15) is 0 Å². The van der Waals surface area contributed by atoms with Gasteiger partial charge in [-0.05, 0) is 44.2 Å². The molecule has 118 valence electrons. The molecule has 0 radical (unpaired) electrons. The molecule has 22 heavy (non-hydrogen) atoms. The second-order valence-electron chi connectivity index (χ2n) is 5.91. The zero-order valence-corrected chi connectivity index (χ0v) is 14.4. The lowest BCUT2D eigenvalue weighted by molar-refractivity contribution is 0.184. The minimum atomic E-state index is 0.521. The van der Waals surface area contributed by atoms with Crippen LogP contribution in [0.4, 0.5) is 0 Å². The zero-order valence-electron chi connectivity index (χ0n) is 13.6. The van der Waals surface area contributed by atoms with Crippen molar-refractivity contribution in [3.63, 3.8) is 0 Å². The molecule has 1 heterocycles. The molecule has 0 spiro atoms. The van der Waals surface area contributed by atoms with Crippen molar-refractivity contribution in [3.8, 4) is 0 Å². The van der Waals surface area contributed by atoms with Crippen LogP contribution in [0.5, 0.6) is 0 Å².